The molecule has 0 aliphatic heterocycles. The van der Waals surface area contributed by atoms with Gasteiger partial charge in [-0.15, -0.1) is 0 Å². The molecule has 0 aromatic heterocycles. The van der Waals surface area contributed by atoms with Crippen LogP contribution in [0.4, 0.5) is 4.79 Å². The molecule has 0 bridgehead atoms. The first-order chi connectivity index (χ1) is 14.9. The molecular weight excluding hydrogens is 404 g/mol. The summed E-state index contributed by atoms with van der Waals surface area (Å²) in [6.07, 6.45) is 0.695. The average molecular weight is 428 g/mol. The molecular formula is C22H24N2O7. The van der Waals surface area contributed by atoms with Crippen molar-refractivity contribution >= 4 is 17.9 Å². The Morgan fingerprint density at radius 2 is 1.84 bits per heavy atom. The van der Waals surface area contributed by atoms with Gasteiger partial charge in [-0.25, -0.2) is 10.3 Å². The van der Waals surface area contributed by atoms with Crippen LogP contribution in [0.3, 0.4) is 0 Å². The highest BCUT2D eigenvalue weighted by Crippen LogP contribution is 2.30. The maximum Gasteiger partial charge on any atom is 0.414 e. The molecule has 164 valence electrons. The molecule has 0 aliphatic rings. The summed E-state index contributed by atoms with van der Waals surface area (Å²) >= 11 is 0. The van der Waals surface area contributed by atoms with Gasteiger partial charge in [-0.2, -0.15) is 0 Å². The summed E-state index contributed by atoms with van der Waals surface area (Å²) in [5.41, 5.74) is 2.32. The number of carbonyl (C=O) groups is 3. The fourth-order valence-corrected chi connectivity index (χ4v) is 2.70. The topological polar surface area (TPSA) is 134 Å². The number of hydrogen-bond donors (Lipinski definition) is 4. The summed E-state index contributed by atoms with van der Waals surface area (Å²) in [6, 6.07) is 14.9. The lowest BCUT2D eigenvalue weighted by molar-refractivity contribution is -0.124. The van der Waals surface area contributed by atoms with Crippen LogP contribution in [0.15, 0.2) is 66.7 Å². The smallest absolute Gasteiger partial charge is 0.414 e. The molecule has 2 atom stereocenters. The van der Waals surface area contributed by atoms with Gasteiger partial charge in [0.05, 0.1) is 6.61 Å². The summed E-state index contributed by atoms with van der Waals surface area (Å²) in [6.45, 7) is 1.62. The number of ether oxygens (including phenoxy) is 2. The SMILES string of the molecule is C[C@@H](/C=C/C(=O)NO)[C@@H](OC(=O)NC(=O)c1ccccc1)c1cccc(OCCO)c1. The molecule has 0 saturated heterocycles. The summed E-state index contributed by atoms with van der Waals surface area (Å²) < 4.78 is 10.9. The second-order valence-corrected chi connectivity index (χ2v) is 6.48. The number of benzene rings is 2. The fourth-order valence-electron chi connectivity index (χ4n) is 2.70. The zero-order valence-corrected chi connectivity index (χ0v) is 16.9. The van der Waals surface area contributed by atoms with E-state index in [0.29, 0.717) is 16.9 Å². The normalized spacial score (nSPS) is 12.6. The van der Waals surface area contributed by atoms with Crippen LogP contribution in [0.5, 0.6) is 5.75 Å². The van der Waals surface area contributed by atoms with Crippen molar-refractivity contribution in [3.8, 4) is 5.75 Å². The van der Waals surface area contributed by atoms with Gasteiger partial charge in [0.1, 0.15) is 18.5 Å². The van der Waals surface area contributed by atoms with Gasteiger partial charge in [0.2, 0.25) is 0 Å². The van der Waals surface area contributed by atoms with Crippen molar-refractivity contribution < 1.29 is 34.2 Å². The van der Waals surface area contributed by atoms with Crippen LogP contribution >= 0.6 is 0 Å². The van der Waals surface area contributed by atoms with Crippen LogP contribution < -0.4 is 15.5 Å². The van der Waals surface area contributed by atoms with E-state index in [1.165, 1.54) is 11.6 Å². The standard InChI is InChI=1S/C22H24N2O7/c1-15(10-11-19(26)24-29)20(17-8-5-9-18(14-17)30-13-12-25)31-22(28)23-21(27)16-6-3-2-4-7-16/h2-11,14-15,20,25,29H,12-13H2,1H3,(H,24,26)(H,23,27,28)/b11-10+/t15-,20+/m0/s1. The van der Waals surface area contributed by atoms with Gasteiger partial charge < -0.3 is 14.6 Å². The Kier molecular flexibility index (Phi) is 9.21. The minimum absolute atomic E-state index is 0.0904. The third kappa shape index (κ3) is 7.57. The van der Waals surface area contributed by atoms with E-state index in [0.717, 1.165) is 6.08 Å². The Morgan fingerprint density at radius 1 is 1.10 bits per heavy atom. The van der Waals surface area contributed by atoms with Gasteiger partial charge in [-0.3, -0.25) is 20.1 Å². The van der Waals surface area contributed by atoms with Crippen LogP contribution in [0, 0.1) is 5.92 Å². The molecule has 0 aliphatic carbocycles. The Hall–Kier alpha value is -3.69. The lowest BCUT2D eigenvalue weighted by Crippen LogP contribution is -2.33. The summed E-state index contributed by atoms with van der Waals surface area (Å²) in [4.78, 5) is 35.9. The number of hydroxylamine groups is 1. The van der Waals surface area contributed by atoms with E-state index in [4.69, 9.17) is 19.8 Å². The van der Waals surface area contributed by atoms with E-state index in [9.17, 15) is 14.4 Å². The van der Waals surface area contributed by atoms with E-state index in [2.05, 4.69) is 5.32 Å². The molecule has 2 aromatic carbocycles. The maximum absolute atomic E-state index is 12.4. The molecule has 4 N–H and O–H groups in total. The van der Waals surface area contributed by atoms with Crippen molar-refractivity contribution in [2.24, 2.45) is 5.92 Å². The van der Waals surface area contributed by atoms with Crippen LogP contribution in [-0.4, -0.2) is 41.4 Å². The summed E-state index contributed by atoms with van der Waals surface area (Å²) in [7, 11) is 0. The fraction of sp³-hybridized carbons (Fsp3) is 0.227. The third-order valence-electron chi connectivity index (χ3n) is 4.17. The molecule has 0 fully saturated rings. The lowest BCUT2D eigenvalue weighted by Gasteiger charge is -2.23. The van der Waals surface area contributed by atoms with Gasteiger partial charge in [-0.1, -0.05) is 43.3 Å². The Labute approximate surface area is 179 Å². The molecule has 0 heterocycles. The average Bonchev–Trinajstić information content (AvgIpc) is 2.80. The zero-order valence-electron chi connectivity index (χ0n) is 16.9. The maximum atomic E-state index is 12.4. The molecule has 2 aromatic rings. The van der Waals surface area contributed by atoms with E-state index in [-0.39, 0.29) is 13.2 Å². The van der Waals surface area contributed by atoms with Crippen molar-refractivity contribution in [1.29, 1.82) is 0 Å². The van der Waals surface area contributed by atoms with Crippen LogP contribution in [0.1, 0.15) is 28.9 Å². The molecule has 9 nitrogen and oxygen atoms in total. The molecule has 0 radical (unpaired) electrons. The number of carbonyl (C=O) groups excluding carboxylic acids is 3. The number of aliphatic hydroxyl groups is 1. The van der Waals surface area contributed by atoms with Gasteiger partial charge in [0, 0.05) is 17.6 Å². The van der Waals surface area contributed by atoms with Crippen molar-refractivity contribution in [2.45, 2.75) is 13.0 Å². The molecule has 31 heavy (non-hydrogen) atoms. The van der Waals surface area contributed by atoms with Crippen LogP contribution in [0.25, 0.3) is 0 Å². The number of imide groups is 1. The first-order valence-electron chi connectivity index (χ1n) is 9.47. The van der Waals surface area contributed by atoms with Crippen molar-refractivity contribution in [3.63, 3.8) is 0 Å². The van der Waals surface area contributed by atoms with Gasteiger partial charge >= 0.3 is 6.09 Å². The molecule has 2 rings (SSSR count). The first kappa shape index (κ1) is 23.6. The number of rotatable bonds is 9. The van der Waals surface area contributed by atoms with Gasteiger partial charge in [0.15, 0.2) is 0 Å². The molecule has 0 unspecified atom stereocenters. The number of aliphatic hydroxyl groups excluding tert-OH is 1. The second kappa shape index (κ2) is 12.1. The van der Waals surface area contributed by atoms with E-state index in [1.54, 1.807) is 61.5 Å². The highest BCUT2D eigenvalue weighted by atomic mass is 16.6. The van der Waals surface area contributed by atoms with Gasteiger partial charge in [0.25, 0.3) is 11.8 Å². The molecule has 0 saturated carbocycles. The predicted octanol–water partition coefficient (Wildman–Crippen LogP) is 2.36. The second-order valence-electron chi connectivity index (χ2n) is 6.48. The van der Waals surface area contributed by atoms with E-state index in [1.807, 2.05) is 0 Å². The first-order valence-corrected chi connectivity index (χ1v) is 9.47. The monoisotopic (exact) mass is 428 g/mol. The van der Waals surface area contributed by atoms with E-state index >= 15 is 0 Å². The third-order valence-corrected chi connectivity index (χ3v) is 4.17. The molecule has 0 spiro atoms. The lowest BCUT2D eigenvalue weighted by atomic mass is 9.96. The predicted molar refractivity (Wildman–Crippen MR) is 110 cm³/mol. The van der Waals surface area contributed by atoms with E-state index < -0.39 is 29.9 Å². The number of nitrogens with one attached hydrogen (secondary N) is 2. The van der Waals surface area contributed by atoms with Crippen LogP contribution in [-0.2, 0) is 9.53 Å². The zero-order chi connectivity index (χ0) is 22.6. The Bertz CT molecular complexity index is 915. The highest BCUT2D eigenvalue weighted by Gasteiger charge is 2.24. The minimum Gasteiger partial charge on any atom is -0.491 e. The number of hydrogen-bond acceptors (Lipinski definition) is 7. The van der Waals surface area contributed by atoms with Gasteiger partial charge in [-0.05, 0) is 29.8 Å². The summed E-state index contributed by atoms with van der Waals surface area (Å²) in [5, 5.41) is 19.8. The largest absolute Gasteiger partial charge is 0.491 e. The Morgan fingerprint density at radius 3 is 2.52 bits per heavy atom. The Balaban J connectivity index is 2.20. The quantitative estimate of drug-likeness (QED) is 0.274. The number of amides is 3. The van der Waals surface area contributed by atoms with Crippen LogP contribution in [0.2, 0.25) is 0 Å². The van der Waals surface area contributed by atoms with Crippen molar-refractivity contribution in [1.82, 2.24) is 10.8 Å². The number of alkyl carbamates (subject to hydrolysis) is 1. The highest BCUT2D eigenvalue weighted by molar-refractivity contribution is 6.02. The summed E-state index contributed by atoms with van der Waals surface area (Å²) in [5.74, 6) is -1.42. The molecule has 9 heteroatoms. The van der Waals surface area contributed by atoms with Crippen molar-refractivity contribution in [2.75, 3.05) is 13.2 Å². The molecule has 3 amide bonds. The van der Waals surface area contributed by atoms with Crippen molar-refractivity contribution in [3.05, 3.63) is 77.9 Å². The minimum atomic E-state index is -0.965.